The fourth-order valence-corrected chi connectivity index (χ4v) is 3.59. The number of aromatic nitrogens is 1. The summed E-state index contributed by atoms with van der Waals surface area (Å²) in [7, 11) is 0. The van der Waals surface area contributed by atoms with Gasteiger partial charge in [-0.15, -0.1) is 11.8 Å². The quantitative estimate of drug-likeness (QED) is 0.522. The Labute approximate surface area is 144 Å². The maximum atomic E-state index is 12.0. The third-order valence-corrected chi connectivity index (χ3v) is 5.05. The van der Waals surface area contributed by atoms with Crippen molar-refractivity contribution in [2.24, 2.45) is 0 Å². The molecule has 0 saturated heterocycles. The van der Waals surface area contributed by atoms with E-state index in [0.717, 1.165) is 11.3 Å². The topological polar surface area (TPSA) is 44.9 Å². The number of carbonyl (C=O) groups excluding carboxylic acids is 1. The number of nitrogens with one attached hydrogen (secondary N) is 2. The van der Waals surface area contributed by atoms with E-state index in [9.17, 15) is 4.79 Å². The highest BCUT2D eigenvalue weighted by atomic mass is 35.5. The van der Waals surface area contributed by atoms with E-state index in [1.807, 2.05) is 12.1 Å². The zero-order chi connectivity index (χ0) is 16.2. The molecule has 0 aliphatic rings. The number of hydrogen-bond acceptors (Lipinski definition) is 2. The molecule has 1 aromatic heterocycles. The normalized spacial score (nSPS) is 10.9. The number of halogens is 1. The number of rotatable bonds is 5. The zero-order valence-electron chi connectivity index (χ0n) is 12.7. The summed E-state index contributed by atoms with van der Waals surface area (Å²) in [5.41, 5.74) is 2.95. The molecular formula is C18H17ClN2OS. The summed E-state index contributed by atoms with van der Waals surface area (Å²) in [5.74, 6) is 0.750. The number of H-pyrrole nitrogens is 1. The van der Waals surface area contributed by atoms with Crippen molar-refractivity contribution in [3.05, 3.63) is 64.8 Å². The number of aryl methyl sites for hydroxylation is 1. The average molecular weight is 345 g/mol. The van der Waals surface area contributed by atoms with Crippen LogP contribution in [0.4, 0.5) is 0 Å². The number of carbonyl (C=O) groups is 1. The van der Waals surface area contributed by atoms with Crippen LogP contribution in [0.5, 0.6) is 0 Å². The van der Waals surface area contributed by atoms with Gasteiger partial charge in [-0.1, -0.05) is 29.8 Å². The predicted octanol–water partition coefficient (Wildman–Crippen LogP) is 4.65. The van der Waals surface area contributed by atoms with Crippen LogP contribution in [0.25, 0.3) is 10.9 Å². The Balaban J connectivity index is 1.56. The maximum Gasteiger partial charge on any atom is 0.251 e. The Morgan fingerprint density at radius 3 is 2.70 bits per heavy atom. The summed E-state index contributed by atoms with van der Waals surface area (Å²) >= 11 is 7.58. The van der Waals surface area contributed by atoms with Gasteiger partial charge in [-0.2, -0.15) is 0 Å². The van der Waals surface area contributed by atoms with Gasteiger partial charge in [0.2, 0.25) is 0 Å². The van der Waals surface area contributed by atoms with Crippen molar-refractivity contribution in [3.63, 3.8) is 0 Å². The minimum absolute atomic E-state index is 0.0714. The molecule has 1 heterocycles. The number of hydrogen-bond donors (Lipinski definition) is 2. The Hall–Kier alpha value is -1.91. The van der Waals surface area contributed by atoms with E-state index in [0.29, 0.717) is 17.1 Å². The molecule has 3 nitrogen and oxygen atoms in total. The summed E-state index contributed by atoms with van der Waals surface area (Å²) < 4.78 is 0. The van der Waals surface area contributed by atoms with E-state index in [1.165, 1.54) is 16.0 Å². The van der Waals surface area contributed by atoms with E-state index in [-0.39, 0.29) is 5.91 Å². The van der Waals surface area contributed by atoms with Gasteiger partial charge >= 0.3 is 0 Å². The molecule has 0 saturated carbocycles. The van der Waals surface area contributed by atoms with Crippen molar-refractivity contribution in [1.82, 2.24) is 10.3 Å². The second-order valence-electron chi connectivity index (χ2n) is 5.24. The molecule has 5 heteroatoms. The highest BCUT2D eigenvalue weighted by Gasteiger charge is 2.09. The fraction of sp³-hybridized carbons (Fsp3) is 0.167. The molecule has 23 heavy (non-hydrogen) atoms. The third kappa shape index (κ3) is 3.71. The lowest BCUT2D eigenvalue weighted by molar-refractivity contribution is 0.0956. The van der Waals surface area contributed by atoms with Crippen LogP contribution >= 0.6 is 23.4 Å². The third-order valence-electron chi connectivity index (χ3n) is 3.57. The van der Waals surface area contributed by atoms with Gasteiger partial charge in [0.15, 0.2) is 0 Å². The molecule has 1 amide bonds. The number of para-hydroxylation sites is 1. The van der Waals surface area contributed by atoms with Crippen molar-refractivity contribution in [1.29, 1.82) is 0 Å². The lowest BCUT2D eigenvalue weighted by Crippen LogP contribution is -2.25. The maximum absolute atomic E-state index is 12.0. The molecule has 0 radical (unpaired) electrons. The Kier molecular flexibility index (Phi) is 4.94. The summed E-state index contributed by atoms with van der Waals surface area (Å²) in [6.07, 6.45) is 0. The second-order valence-corrected chi connectivity index (χ2v) is 6.78. The van der Waals surface area contributed by atoms with Crippen molar-refractivity contribution in [2.45, 2.75) is 11.8 Å². The molecule has 0 fully saturated rings. The average Bonchev–Trinajstić information content (AvgIpc) is 2.87. The monoisotopic (exact) mass is 344 g/mol. The van der Waals surface area contributed by atoms with Gasteiger partial charge in [-0.05, 0) is 37.3 Å². The molecule has 2 aromatic carbocycles. The van der Waals surface area contributed by atoms with Crippen molar-refractivity contribution in [2.75, 3.05) is 12.3 Å². The largest absolute Gasteiger partial charge is 0.358 e. The molecule has 118 valence electrons. The standard InChI is InChI=1S/C18H17ClN2OS/c1-12-17(15-4-2-3-5-16(15)21-12)23-11-10-20-18(22)13-6-8-14(19)9-7-13/h2-9,21H,10-11H2,1H3,(H,20,22). The fourth-order valence-electron chi connectivity index (χ4n) is 2.46. The van der Waals surface area contributed by atoms with E-state index < -0.39 is 0 Å². The van der Waals surface area contributed by atoms with E-state index in [4.69, 9.17) is 11.6 Å². The van der Waals surface area contributed by atoms with Gasteiger partial charge in [0.1, 0.15) is 0 Å². The van der Waals surface area contributed by atoms with Gasteiger partial charge in [-0.25, -0.2) is 0 Å². The van der Waals surface area contributed by atoms with E-state index in [2.05, 4.69) is 29.4 Å². The van der Waals surface area contributed by atoms with Crippen LogP contribution in [-0.4, -0.2) is 23.2 Å². The van der Waals surface area contributed by atoms with Crippen LogP contribution < -0.4 is 5.32 Å². The lowest BCUT2D eigenvalue weighted by atomic mass is 10.2. The van der Waals surface area contributed by atoms with E-state index in [1.54, 1.807) is 36.0 Å². The summed E-state index contributed by atoms with van der Waals surface area (Å²) in [6.45, 7) is 2.69. The van der Waals surface area contributed by atoms with Crippen LogP contribution in [-0.2, 0) is 0 Å². The Morgan fingerprint density at radius 2 is 1.91 bits per heavy atom. The molecule has 0 atom stereocenters. The highest BCUT2D eigenvalue weighted by Crippen LogP contribution is 2.30. The van der Waals surface area contributed by atoms with Gasteiger partial charge in [0.05, 0.1) is 0 Å². The molecule has 0 spiro atoms. The van der Waals surface area contributed by atoms with Crippen LogP contribution in [0.2, 0.25) is 5.02 Å². The highest BCUT2D eigenvalue weighted by molar-refractivity contribution is 7.99. The van der Waals surface area contributed by atoms with Gasteiger partial charge in [-0.3, -0.25) is 4.79 Å². The summed E-state index contributed by atoms with van der Waals surface area (Å²) in [5, 5.41) is 4.80. The second kappa shape index (κ2) is 7.11. The van der Waals surface area contributed by atoms with Crippen molar-refractivity contribution < 1.29 is 4.79 Å². The van der Waals surface area contributed by atoms with Gasteiger partial charge in [0, 0.05) is 44.4 Å². The first-order valence-corrected chi connectivity index (χ1v) is 8.75. The minimum atomic E-state index is -0.0714. The smallest absolute Gasteiger partial charge is 0.251 e. The number of thioether (sulfide) groups is 1. The van der Waals surface area contributed by atoms with Crippen LogP contribution in [0.15, 0.2) is 53.4 Å². The summed E-state index contributed by atoms with van der Waals surface area (Å²) in [4.78, 5) is 16.7. The molecular weight excluding hydrogens is 328 g/mol. The SMILES string of the molecule is Cc1[nH]c2ccccc2c1SCCNC(=O)c1ccc(Cl)cc1. The van der Waals surface area contributed by atoms with Crippen LogP contribution in [0.1, 0.15) is 16.1 Å². The minimum Gasteiger partial charge on any atom is -0.358 e. The van der Waals surface area contributed by atoms with Crippen LogP contribution in [0, 0.1) is 6.92 Å². The van der Waals surface area contributed by atoms with Crippen molar-refractivity contribution in [3.8, 4) is 0 Å². The Bertz CT molecular complexity index is 827. The molecule has 0 aliphatic carbocycles. The van der Waals surface area contributed by atoms with E-state index >= 15 is 0 Å². The number of amides is 1. The molecule has 2 N–H and O–H groups in total. The zero-order valence-corrected chi connectivity index (χ0v) is 14.3. The molecule has 0 bridgehead atoms. The predicted molar refractivity (Wildman–Crippen MR) is 97.5 cm³/mol. The van der Waals surface area contributed by atoms with Gasteiger partial charge in [0.25, 0.3) is 5.91 Å². The number of fused-ring (bicyclic) bond motifs is 1. The first-order valence-electron chi connectivity index (χ1n) is 7.39. The first kappa shape index (κ1) is 16.0. The molecule has 3 aromatic rings. The number of aromatic amines is 1. The van der Waals surface area contributed by atoms with Crippen LogP contribution in [0.3, 0.4) is 0 Å². The van der Waals surface area contributed by atoms with Crippen molar-refractivity contribution >= 4 is 40.2 Å². The van der Waals surface area contributed by atoms with Gasteiger partial charge < -0.3 is 10.3 Å². The lowest BCUT2D eigenvalue weighted by Gasteiger charge is -2.06. The molecule has 0 aliphatic heterocycles. The first-order chi connectivity index (χ1) is 11.1. The molecule has 3 rings (SSSR count). The molecule has 0 unspecified atom stereocenters. The Morgan fingerprint density at radius 1 is 1.17 bits per heavy atom. The summed E-state index contributed by atoms with van der Waals surface area (Å²) in [6, 6.07) is 15.2. The number of benzene rings is 2.